The number of aryl methyl sites for hydroxylation is 2. The number of hydrogen-bond donors (Lipinski definition) is 2. The highest BCUT2D eigenvalue weighted by Crippen LogP contribution is 2.20. The van der Waals surface area contributed by atoms with E-state index in [9.17, 15) is 4.79 Å². The third-order valence-corrected chi connectivity index (χ3v) is 3.08. The van der Waals surface area contributed by atoms with Crippen molar-refractivity contribution in [2.45, 2.75) is 13.8 Å². The summed E-state index contributed by atoms with van der Waals surface area (Å²) in [4.78, 5) is 12.3. The predicted molar refractivity (Wildman–Crippen MR) is 79.9 cm³/mol. The molecule has 19 heavy (non-hydrogen) atoms. The molecule has 98 valence electrons. The lowest BCUT2D eigenvalue weighted by molar-refractivity contribution is 0.102. The number of nitrogens with one attached hydrogen (secondary N) is 2. The largest absolute Gasteiger partial charge is 0.387 e. The number of benzene rings is 2. The van der Waals surface area contributed by atoms with Crippen molar-refractivity contribution < 1.29 is 4.79 Å². The molecule has 2 N–H and O–H groups in total. The third-order valence-electron chi connectivity index (χ3n) is 3.08. The van der Waals surface area contributed by atoms with Crippen molar-refractivity contribution in [3.05, 3.63) is 59.2 Å². The maximum absolute atomic E-state index is 12.3. The molecule has 2 aromatic rings. The van der Waals surface area contributed by atoms with Crippen LogP contribution in [0.4, 0.5) is 11.4 Å². The molecule has 0 aliphatic carbocycles. The second kappa shape index (κ2) is 5.57. The second-order valence-corrected chi connectivity index (χ2v) is 4.57. The van der Waals surface area contributed by atoms with E-state index in [1.807, 2.05) is 63.4 Å². The molecule has 0 atom stereocenters. The van der Waals surface area contributed by atoms with Crippen molar-refractivity contribution >= 4 is 17.3 Å². The molecule has 0 bridgehead atoms. The summed E-state index contributed by atoms with van der Waals surface area (Å²) >= 11 is 0. The summed E-state index contributed by atoms with van der Waals surface area (Å²) in [6.07, 6.45) is 0. The molecule has 3 heteroatoms. The number of hydrogen-bond acceptors (Lipinski definition) is 2. The Morgan fingerprint density at radius 3 is 2.42 bits per heavy atom. The molecule has 0 saturated heterocycles. The van der Waals surface area contributed by atoms with Crippen LogP contribution in [-0.4, -0.2) is 13.0 Å². The van der Waals surface area contributed by atoms with E-state index in [0.717, 1.165) is 22.5 Å². The van der Waals surface area contributed by atoms with E-state index < -0.39 is 0 Å². The van der Waals surface area contributed by atoms with Crippen LogP contribution in [0, 0.1) is 13.8 Å². The monoisotopic (exact) mass is 254 g/mol. The fourth-order valence-corrected chi connectivity index (χ4v) is 1.97. The molecule has 0 aliphatic heterocycles. The van der Waals surface area contributed by atoms with Gasteiger partial charge in [0.1, 0.15) is 0 Å². The zero-order valence-corrected chi connectivity index (χ0v) is 11.4. The molecule has 0 radical (unpaired) electrons. The van der Waals surface area contributed by atoms with Gasteiger partial charge in [-0.15, -0.1) is 0 Å². The van der Waals surface area contributed by atoms with Crippen molar-refractivity contribution in [1.82, 2.24) is 0 Å². The molecular formula is C16H18N2O. The number of anilines is 2. The van der Waals surface area contributed by atoms with Crippen LogP contribution < -0.4 is 10.6 Å². The van der Waals surface area contributed by atoms with Gasteiger partial charge in [-0.2, -0.15) is 0 Å². The van der Waals surface area contributed by atoms with Crippen LogP contribution in [0.5, 0.6) is 0 Å². The van der Waals surface area contributed by atoms with Gasteiger partial charge >= 0.3 is 0 Å². The molecule has 0 unspecified atom stereocenters. The lowest BCUT2D eigenvalue weighted by Gasteiger charge is -2.12. The maximum Gasteiger partial charge on any atom is 0.257 e. The molecule has 0 heterocycles. The van der Waals surface area contributed by atoms with Gasteiger partial charge in [0.15, 0.2) is 0 Å². The fraction of sp³-hybridized carbons (Fsp3) is 0.188. The van der Waals surface area contributed by atoms with Gasteiger partial charge in [0, 0.05) is 18.4 Å². The van der Waals surface area contributed by atoms with Crippen LogP contribution in [-0.2, 0) is 0 Å². The van der Waals surface area contributed by atoms with Crippen molar-refractivity contribution in [1.29, 1.82) is 0 Å². The Bertz CT molecular complexity index is 605. The van der Waals surface area contributed by atoms with E-state index in [2.05, 4.69) is 10.6 Å². The van der Waals surface area contributed by atoms with Gasteiger partial charge in [0.25, 0.3) is 5.91 Å². The molecule has 0 aromatic heterocycles. The van der Waals surface area contributed by atoms with Crippen LogP contribution in [0.25, 0.3) is 0 Å². The Labute approximate surface area is 113 Å². The Kier molecular flexibility index (Phi) is 3.85. The molecule has 1 amide bonds. The first-order valence-electron chi connectivity index (χ1n) is 6.27. The minimum Gasteiger partial charge on any atom is -0.387 e. The number of carbonyl (C=O) groups excluding carboxylic acids is 1. The SMILES string of the molecule is CNc1cc(C)ccc1C(=O)Nc1ccccc1C. The Balaban J connectivity index is 2.28. The summed E-state index contributed by atoms with van der Waals surface area (Å²) in [5.41, 5.74) is 4.50. The van der Waals surface area contributed by atoms with Crippen molar-refractivity contribution in [2.24, 2.45) is 0 Å². The number of rotatable bonds is 3. The number of amides is 1. The molecule has 0 saturated carbocycles. The van der Waals surface area contributed by atoms with E-state index in [1.165, 1.54) is 0 Å². The van der Waals surface area contributed by atoms with E-state index in [1.54, 1.807) is 0 Å². The molecule has 2 aromatic carbocycles. The van der Waals surface area contributed by atoms with Gasteiger partial charge in [-0.1, -0.05) is 24.3 Å². The van der Waals surface area contributed by atoms with E-state index in [-0.39, 0.29) is 5.91 Å². The number of carbonyl (C=O) groups is 1. The summed E-state index contributed by atoms with van der Waals surface area (Å²) in [5.74, 6) is -0.0985. The minimum atomic E-state index is -0.0985. The lowest BCUT2D eigenvalue weighted by Crippen LogP contribution is -2.14. The van der Waals surface area contributed by atoms with Gasteiger partial charge in [0.2, 0.25) is 0 Å². The lowest BCUT2D eigenvalue weighted by atomic mass is 10.1. The zero-order chi connectivity index (χ0) is 13.8. The fourth-order valence-electron chi connectivity index (χ4n) is 1.97. The summed E-state index contributed by atoms with van der Waals surface area (Å²) < 4.78 is 0. The van der Waals surface area contributed by atoms with Crippen molar-refractivity contribution in [2.75, 3.05) is 17.7 Å². The Hall–Kier alpha value is -2.29. The van der Waals surface area contributed by atoms with Gasteiger partial charge < -0.3 is 10.6 Å². The van der Waals surface area contributed by atoms with Gasteiger partial charge in [0.05, 0.1) is 5.56 Å². The highest BCUT2D eigenvalue weighted by molar-refractivity contribution is 6.08. The first-order valence-corrected chi connectivity index (χ1v) is 6.27. The van der Waals surface area contributed by atoms with Crippen LogP contribution in [0.2, 0.25) is 0 Å². The van der Waals surface area contributed by atoms with Gasteiger partial charge in [-0.3, -0.25) is 4.79 Å². The van der Waals surface area contributed by atoms with E-state index in [0.29, 0.717) is 5.56 Å². The second-order valence-electron chi connectivity index (χ2n) is 4.57. The Morgan fingerprint density at radius 2 is 1.74 bits per heavy atom. The topological polar surface area (TPSA) is 41.1 Å². The Morgan fingerprint density at radius 1 is 1.00 bits per heavy atom. The minimum absolute atomic E-state index is 0.0985. The molecule has 0 spiro atoms. The molecule has 0 aliphatic rings. The summed E-state index contributed by atoms with van der Waals surface area (Å²) in [6, 6.07) is 13.5. The highest BCUT2D eigenvalue weighted by Gasteiger charge is 2.11. The molecule has 0 fully saturated rings. The first kappa shape index (κ1) is 13.1. The highest BCUT2D eigenvalue weighted by atomic mass is 16.1. The van der Waals surface area contributed by atoms with Crippen LogP contribution in [0.15, 0.2) is 42.5 Å². The average Bonchev–Trinajstić information content (AvgIpc) is 2.41. The standard InChI is InChI=1S/C16H18N2O/c1-11-8-9-13(15(10-11)17-3)16(19)18-14-7-5-4-6-12(14)2/h4-10,17H,1-3H3,(H,18,19). The van der Waals surface area contributed by atoms with Crippen molar-refractivity contribution in [3.8, 4) is 0 Å². The first-order chi connectivity index (χ1) is 9.11. The zero-order valence-electron chi connectivity index (χ0n) is 11.4. The van der Waals surface area contributed by atoms with E-state index >= 15 is 0 Å². The summed E-state index contributed by atoms with van der Waals surface area (Å²) in [5, 5.41) is 6.00. The van der Waals surface area contributed by atoms with Crippen LogP contribution in [0.3, 0.4) is 0 Å². The summed E-state index contributed by atoms with van der Waals surface area (Å²) in [6.45, 7) is 3.98. The smallest absolute Gasteiger partial charge is 0.257 e. The normalized spacial score (nSPS) is 10.1. The van der Waals surface area contributed by atoms with E-state index in [4.69, 9.17) is 0 Å². The number of para-hydroxylation sites is 1. The quantitative estimate of drug-likeness (QED) is 0.878. The van der Waals surface area contributed by atoms with Crippen LogP contribution >= 0.6 is 0 Å². The van der Waals surface area contributed by atoms with Crippen LogP contribution in [0.1, 0.15) is 21.5 Å². The van der Waals surface area contributed by atoms with Crippen molar-refractivity contribution in [3.63, 3.8) is 0 Å². The molecule has 3 nitrogen and oxygen atoms in total. The molecule has 2 rings (SSSR count). The van der Waals surface area contributed by atoms with Gasteiger partial charge in [-0.05, 0) is 43.2 Å². The maximum atomic E-state index is 12.3. The van der Waals surface area contributed by atoms with Gasteiger partial charge in [-0.25, -0.2) is 0 Å². The molecular weight excluding hydrogens is 236 g/mol. The average molecular weight is 254 g/mol. The third kappa shape index (κ3) is 2.94. The summed E-state index contributed by atoms with van der Waals surface area (Å²) in [7, 11) is 1.82. The predicted octanol–water partition coefficient (Wildman–Crippen LogP) is 3.60.